The lowest BCUT2D eigenvalue weighted by Gasteiger charge is -2.37. The van der Waals surface area contributed by atoms with Crippen molar-refractivity contribution in [1.29, 1.82) is 0 Å². The van der Waals surface area contributed by atoms with E-state index in [1.165, 1.54) is 6.07 Å². The molecule has 0 N–H and O–H groups in total. The second kappa shape index (κ2) is 6.38. The van der Waals surface area contributed by atoms with Crippen LogP contribution in [0.2, 0.25) is 0 Å². The number of carbonyl (C=O) groups is 1. The third kappa shape index (κ3) is 3.27. The topological polar surface area (TPSA) is 20.3 Å². The fourth-order valence-electron chi connectivity index (χ4n) is 2.27. The summed E-state index contributed by atoms with van der Waals surface area (Å²) in [4.78, 5) is 14.3. The van der Waals surface area contributed by atoms with Crippen molar-refractivity contribution in [2.24, 2.45) is 0 Å². The molecule has 19 heavy (non-hydrogen) atoms. The highest BCUT2D eigenvalue weighted by atomic mass is 35.5. The Kier molecular flexibility index (Phi) is 4.81. The monoisotopic (exact) mass is 283 g/mol. The molecule has 0 bridgehead atoms. The largest absolute Gasteiger partial charge is 0.336 e. The number of hydrogen-bond donors (Lipinski definition) is 0. The molecule has 1 saturated carbocycles. The molecule has 0 radical (unpaired) electrons. The van der Waals surface area contributed by atoms with E-state index >= 15 is 0 Å². The van der Waals surface area contributed by atoms with Gasteiger partial charge in [-0.15, -0.1) is 11.6 Å². The first kappa shape index (κ1) is 14.3. The van der Waals surface area contributed by atoms with Crippen LogP contribution in [0, 0.1) is 12.7 Å². The van der Waals surface area contributed by atoms with Crippen LogP contribution in [0.4, 0.5) is 4.39 Å². The molecule has 1 aromatic rings. The highest BCUT2D eigenvalue weighted by Crippen LogP contribution is 2.26. The zero-order valence-electron chi connectivity index (χ0n) is 11.2. The molecule has 2 nitrogen and oxygen atoms in total. The highest BCUT2D eigenvalue weighted by Gasteiger charge is 2.29. The Morgan fingerprint density at radius 2 is 2.21 bits per heavy atom. The van der Waals surface area contributed by atoms with E-state index in [-0.39, 0.29) is 11.7 Å². The van der Waals surface area contributed by atoms with Crippen molar-refractivity contribution in [2.75, 3.05) is 12.4 Å². The van der Waals surface area contributed by atoms with Crippen LogP contribution in [0.3, 0.4) is 0 Å². The van der Waals surface area contributed by atoms with E-state index in [2.05, 4.69) is 0 Å². The summed E-state index contributed by atoms with van der Waals surface area (Å²) < 4.78 is 13.6. The summed E-state index contributed by atoms with van der Waals surface area (Å²) in [5.74, 6) is 0.143. The first-order valence-corrected chi connectivity index (χ1v) is 7.30. The molecule has 4 heteroatoms. The standard InChI is InChI=1S/C15H19ClFNO/c1-11-6-7-12(10-14(11)17)15(19)18(9-3-8-16)13-4-2-5-13/h6-7,10,13H,2-5,8-9H2,1H3. The minimum atomic E-state index is -0.322. The molecule has 0 aromatic heterocycles. The minimum absolute atomic E-state index is 0.0753. The van der Waals surface area contributed by atoms with Gasteiger partial charge in [0, 0.05) is 24.0 Å². The van der Waals surface area contributed by atoms with Gasteiger partial charge >= 0.3 is 0 Å². The number of carbonyl (C=O) groups excluding carboxylic acids is 1. The third-order valence-electron chi connectivity index (χ3n) is 3.73. The van der Waals surface area contributed by atoms with Gasteiger partial charge in [0.1, 0.15) is 5.82 Å². The van der Waals surface area contributed by atoms with Crippen LogP contribution in [-0.4, -0.2) is 29.3 Å². The second-order valence-electron chi connectivity index (χ2n) is 5.09. The number of hydrogen-bond acceptors (Lipinski definition) is 1. The summed E-state index contributed by atoms with van der Waals surface area (Å²) >= 11 is 5.71. The first-order chi connectivity index (χ1) is 9.13. The lowest BCUT2D eigenvalue weighted by atomic mass is 9.90. The molecule has 0 spiro atoms. The maximum atomic E-state index is 13.6. The van der Waals surface area contributed by atoms with Crippen molar-refractivity contribution >= 4 is 17.5 Å². The van der Waals surface area contributed by atoms with Crippen LogP contribution in [0.15, 0.2) is 18.2 Å². The zero-order valence-corrected chi connectivity index (χ0v) is 11.9. The van der Waals surface area contributed by atoms with Crippen LogP contribution < -0.4 is 0 Å². The highest BCUT2D eigenvalue weighted by molar-refractivity contribution is 6.17. The van der Waals surface area contributed by atoms with Gasteiger partial charge in [0.25, 0.3) is 5.91 Å². The van der Waals surface area contributed by atoms with Gasteiger partial charge in [0.2, 0.25) is 0 Å². The Labute approximate surface area is 118 Å². The zero-order chi connectivity index (χ0) is 13.8. The molecule has 0 saturated heterocycles. The predicted molar refractivity (Wildman–Crippen MR) is 75.1 cm³/mol. The lowest BCUT2D eigenvalue weighted by Crippen LogP contribution is -2.44. The van der Waals surface area contributed by atoms with Gasteiger partial charge in [-0.05, 0) is 50.3 Å². The number of amides is 1. The molecule has 0 aliphatic heterocycles. The number of aryl methyl sites for hydroxylation is 1. The molecule has 0 unspecified atom stereocenters. The molecule has 1 fully saturated rings. The summed E-state index contributed by atoms with van der Waals surface area (Å²) in [6.07, 6.45) is 4.03. The van der Waals surface area contributed by atoms with Gasteiger partial charge in [-0.3, -0.25) is 4.79 Å². The summed E-state index contributed by atoms with van der Waals surface area (Å²) in [5, 5.41) is 0. The van der Waals surface area contributed by atoms with Crippen LogP contribution >= 0.6 is 11.6 Å². The molecular formula is C15H19ClFNO. The Hall–Kier alpha value is -1.09. The van der Waals surface area contributed by atoms with E-state index in [9.17, 15) is 9.18 Å². The SMILES string of the molecule is Cc1ccc(C(=O)N(CCCCl)C2CCC2)cc1F. The Morgan fingerprint density at radius 3 is 2.74 bits per heavy atom. The van der Waals surface area contributed by atoms with E-state index in [1.54, 1.807) is 19.1 Å². The fourth-order valence-corrected chi connectivity index (χ4v) is 2.39. The molecule has 2 rings (SSSR count). The maximum Gasteiger partial charge on any atom is 0.254 e. The number of nitrogens with zero attached hydrogens (tertiary/aromatic N) is 1. The van der Waals surface area contributed by atoms with Crippen molar-refractivity contribution in [1.82, 2.24) is 4.90 Å². The van der Waals surface area contributed by atoms with Gasteiger partial charge in [-0.1, -0.05) is 6.07 Å². The molecule has 1 aliphatic rings. The van der Waals surface area contributed by atoms with E-state index in [1.807, 2.05) is 4.90 Å². The minimum Gasteiger partial charge on any atom is -0.336 e. The lowest BCUT2D eigenvalue weighted by molar-refractivity contribution is 0.0580. The average molecular weight is 284 g/mol. The molecule has 1 amide bonds. The summed E-state index contributed by atoms with van der Waals surface area (Å²) in [5.41, 5.74) is 0.997. The quantitative estimate of drug-likeness (QED) is 0.754. The molecular weight excluding hydrogens is 265 g/mol. The van der Waals surface area contributed by atoms with Gasteiger partial charge in [-0.2, -0.15) is 0 Å². The molecule has 1 aliphatic carbocycles. The second-order valence-corrected chi connectivity index (χ2v) is 5.47. The molecule has 104 valence electrons. The van der Waals surface area contributed by atoms with E-state index < -0.39 is 0 Å². The number of halogens is 2. The third-order valence-corrected chi connectivity index (χ3v) is 4.00. The Balaban J connectivity index is 2.15. The smallest absolute Gasteiger partial charge is 0.254 e. The van der Waals surface area contributed by atoms with E-state index in [0.717, 1.165) is 25.7 Å². The fraction of sp³-hybridized carbons (Fsp3) is 0.533. The van der Waals surface area contributed by atoms with Crippen molar-refractivity contribution in [3.63, 3.8) is 0 Å². The number of rotatable bonds is 5. The predicted octanol–water partition coefficient (Wildman–Crippen LogP) is 3.76. The molecule has 1 aromatic carbocycles. The van der Waals surface area contributed by atoms with Crippen molar-refractivity contribution in [3.8, 4) is 0 Å². The van der Waals surface area contributed by atoms with Crippen molar-refractivity contribution < 1.29 is 9.18 Å². The van der Waals surface area contributed by atoms with Gasteiger partial charge in [0.15, 0.2) is 0 Å². The van der Waals surface area contributed by atoms with Crippen LogP contribution in [0.5, 0.6) is 0 Å². The maximum absolute atomic E-state index is 13.6. The van der Waals surface area contributed by atoms with E-state index in [0.29, 0.717) is 29.6 Å². The Bertz CT molecular complexity index is 459. The van der Waals surface area contributed by atoms with E-state index in [4.69, 9.17) is 11.6 Å². The number of alkyl halides is 1. The average Bonchev–Trinajstić information content (AvgIpc) is 2.34. The molecule has 0 heterocycles. The van der Waals surface area contributed by atoms with Crippen LogP contribution in [0.25, 0.3) is 0 Å². The summed E-state index contributed by atoms with van der Waals surface area (Å²) in [6, 6.07) is 5.00. The molecule has 0 atom stereocenters. The van der Waals surface area contributed by atoms with Gasteiger partial charge in [-0.25, -0.2) is 4.39 Å². The van der Waals surface area contributed by atoms with Crippen LogP contribution in [0.1, 0.15) is 41.6 Å². The van der Waals surface area contributed by atoms with Gasteiger partial charge < -0.3 is 4.90 Å². The summed E-state index contributed by atoms with van der Waals surface area (Å²) in [6.45, 7) is 2.35. The Morgan fingerprint density at radius 1 is 1.47 bits per heavy atom. The van der Waals surface area contributed by atoms with Crippen LogP contribution in [-0.2, 0) is 0 Å². The summed E-state index contributed by atoms with van der Waals surface area (Å²) in [7, 11) is 0. The first-order valence-electron chi connectivity index (χ1n) is 6.76. The van der Waals surface area contributed by atoms with Crippen molar-refractivity contribution in [2.45, 2.75) is 38.6 Å². The van der Waals surface area contributed by atoms with Gasteiger partial charge in [0.05, 0.1) is 0 Å². The normalized spacial score (nSPS) is 15.1. The van der Waals surface area contributed by atoms with Crippen molar-refractivity contribution in [3.05, 3.63) is 35.1 Å². The number of benzene rings is 1.